The van der Waals surface area contributed by atoms with Crippen LogP contribution in [0.25, 0.3) is 0 Å². The number of anilines is 1. The summed E-state index contributed by atoms with van der Waals surface area (Å²) in [7, 11) is 0. The summed E-state index contributed by atoms with van der Waals surface area (Å²) in [6.45, 7) is 7.15. The molecule has 0 radical (unpaired) electrons. The number of hydrogen-bond acceptors (Lipinski definition) is 2. The molecule has 15 heavy (non-hydrogen) atoms. The minimum atomic E-state index is -0.154. The number of halogens is 1. The van der Waals surface area contributed by atoms with Crippen molar-refractivity contribution in [3.63, 3.8) is 0 Å². The monoisotopic (exact) mass is 208 g/mol. The van der Waals surface area contributed by atoms with Crippen molar-refractivity contribution in [3.8, 4) is 0 Å². The number of aryl methyl sites for hydroxylation is 1. The summed E-state index contributed by atoms with van der Waals surface area (Å²) in [5.74, 6) is -0.154. The molecular weight excluding hydrogens is 191 g/mol. The molecular formula is C12H17FN2. The van der Waals surface area contributed by atoms with Crippen LogP contribution < -0.4 is 10.2 Å². The van der Waals surface area contributed by atoms with E-state index >= 15 is 0 Å². The van der Waals surface area contributed by atoms with E-state index in [1.165, 1.54) is 6.07 Å². The van der Waals surface area contributed by atoms with Crippen LogP contribution in [0.1, 0.15) is 12.5 Å². The first kappa shape index (κ1) is 10.4. The van der Waals surface area contributed by atoms with Crippen molar-refractivity contribution in [2.45, 2.75) is 19.9 Å². The van der Waals surface area contributed by atoms with Gasteiger partial charge in [0.2, 0.25) is 0 Å². The number of nitrogens with zero attached hydrogens (tertiary/aromatic N) is 1. The van der Waals surface area contributed by atoms with Crippen LogP contribution in [-0.2, 0) is 0 Å². The maximum Gasteiger partial charge on any atom is 0.123 e. The van der Waals surface area contributed by atoms with Crippen molar-refractivity contribution in [1.29, 1.82) is 0 Å². The fourth-order valence-corrected chi connectivity index (χ4v) is 2.14. The number of benzene rings is 1. The summed E-state index contributed by atoms with van der Waals surface area (Å²) in [5.41, 5.74) is 2.18. The summed E-state index contributed by atoms with van der Waals surface area (Å²) in [6, 6.07) is 5.50. The Morgan fingerprint density at radius 1 is 1.47 bits per heavy atom. The van der Waals surface area contributed by atoms with Gasteiger partial charge in [0.05, 0.1) is 0 Å². The maximum absolute atomic E-state index is 13.0. The molecule has 1 aliphatic heterocycles. The number of piperazine rings is 1. The number of nitrogens with one attached hydrogen (secondary N) is 1. The molecule has 0 amide bonds. The van der Waals surface area contributed by atoms with Gasteiger partial charge in [-0.3, -0.25) is 0 Å². The zero-order valence-electron chi connectivity index (χ0n) is 9.26. The molecule has 3 heteroatoms. The van der Waals surface area contributed by atoms with Crippen LogP contribution >= 0.6 is 0 Å². The Balaban J connectivity index is 2.27. The molecule has 2 rings (SSSR count). The average Bonchev–Trinajstić information content (AvgIpc) is 2.20. The second-order valence-electron chi connectivity index (χ2n) is 4.18. The van der Waals surface area contributed by atoms with E-state index in [4.69, 9.17) is 0 Å². The van der Waals surface area contributed by atoms with Gasteiger partial charge in [-0.15, -0.1) is 0 Å². The minimum absolute atomic E-state index is 0.154. The van der Waals surface area contributed by atoms with Gasteiger partial charge < -0.3 is 10.2 Å². The van der Waals surface area contributed by atoms with Crippen molar-refractivity contribution in [3.05, 3.63) is 29.6 Å². The van der Waals surface area contributed by atoms with Gasteiger partial charge in [-0.25, -0.2) is 4.39 Å². The highest BCUT2D eigenvalue weighted by Gasteiger charge is 2.19. The first-order valence-electron chi connectivity index (χ1n) is 5.42. The minimum Gasteiger partial charge on any atom is -0.366 e. The summed E-state index contributed by atoms with van der Waals surface area (Å²) < 4.78 is 13.0. The Hall–Kier alpha value is -1.09. The van der Waals surface area contributed by atoms with Crippen molar-refractivity contribution in [1.82, 2.24) is 5.32 Å². The molecule has 82 valence electrons. The fourth-order valence-electron chi connectivity index (χ4n) is 2.14. The summed E-state index contributed by atoms with van der Waals surface area (Å²) >= 11 is 0. The van der Waals surface area contributed by atoms with Gasteiger partial charge in [0.25, 0.3) is 0 Å². The molecule has 1 saturated heterocycles. The molecule has 0 spiro atoms. The third-order valence-electron chi connectivity index (χ3n) is 2.97. The first-order chi connectivity index (χ1) is 7.18. The van der Waals surface area contributed by atoms with E-state index in [2.05, 4.69) is 17.1 Å². The fraction of sp³-hybridized carbons (Fsp3) is 0.500. The van der Waals surface area contributed by atoms with Crippen molar-refractivity contribution < 1.29 is 4.39 Å². The lowest BCUT2D eigenvalue weighted by Gasteiger charge is -2.36. The molecule has 1 N–H and O–H groups in total. The average molecular weight is 208 g/mol. The normalized spacial score (nSPS) is 21.8. The Morgan fingerprint density at radius 2 is 2.27 bits per heavy atom. The lowest BCUT2D eigenvalue weighted by Crippen LogP contribution is -2.50. The molecule has 0 bridgehead atoms. The third-order valence-corrected chi connectivity index (χ3v) is 2.97. The SMILES string of the molecule is Cc1cc(F)ccc1N1CCNC[C@H]1C. The molecule has 1 aromatic rings. The van der Waals surface area contributed by atoms with Gasteiger partial charge in [0.1, 0.15) is 5.82 Å². The first-order valence-corrected chi connectivity index (χ1v) is 5.42. The van der Waals surface area contributed by atoms with Gasteiger partial charge in [-0.2, -0.15) is 0 Å². The second-order valence-corrected chi connectivity index (χ2v) is 4.18. The van der Waals surface area contributed by atoms with Crippen molar-refractivity contribution in [2.75, 3.05) is 24.5 Å². The molecule has 1 fully saturated rings. The van der Waals surface area contributed by atoms with E-state index in [9.17, 15) is 4.39 Å². The molecule has 0 unspecified atom stereocenters. The van der Waals surface area contributed by atoms with E-state index in [1.807, 2.05) is 13.0 Å². The van der Waals surface area contributed by atoms with E-state index < -0.39 is 0 Å². The maximum atomic E-state index is 13.0. The highest BCUT2D eigenvalue weighted by Crippen LogP contribution is 2.23. The lowest BCUT2D eigenvalue weighted by molar-refractivity contribution is 0.499. The number of hydrogen-bond donors (Lipinski definition) is 1. The predicted octanol–water partition coefficient (Wildman–Crippen LogP) is 1.93. The molecule has 1 aromatic carbocycles. The van der Waals surface area contributed by atoms with Crippen LogP contribution in [0.2, 0.25) is 0 Å². The summed E-state index contributed by atoms with van der Waals surface area (Å²) in [4.78, 5) is 2.34. The molecule has 2 nitrogen and oxygen atoms in total. The van der Waals surface area contributed by atoms with E-state index in [-0.39, 0.29) is 5.82 Å². The van der Waals surface area contributed by atoms with Crippen LogP contribution in [0.3, 0.4) is 0 Å². The second kappa shape index (κ2) is 4.19. The van der Waals surface area contributed by atoms with Crippen LogP contribution in [0.5, 0.6) is 0 Å². The zero-order chi connectivity index (χ0) is 10.8. The van der Waals surface area contributed by atoms with Gasteiger partial charge in [-0.05, 0) is 37.6 Å². The van der Waals surface area contributed by atoms with Crippen LogP contribution in [0.15, 0.2) is 18.2 Å². The van der Waals surface area contributed by atoms with Gasteiger partial charge in [-0.1, -0.05) is 0 Å². The third kappa shape index (κ3) is 2.12. The Bertz CT molecular complexity index is 351. The largest absolute Gasteiger partial charge is 0.366 e. The predicted molar refractivity (Wildman–Crippen MR) is 60.8 cm³/mol. The highest BCUT2D eigenvalue weighted by atomic mass is 19.1. The number of rotatable bonds is 1. The molecule has 1 atom stereocenters. The molecule has 0 saturated carbocycles. The van der Waals surface area contributed by atoms with Crippen LogP contribution in [0.4, 0.5) is 10.1 Å². The van der Waals surface area contributed by atoms with E-state index in [1.54, 1.807) is 6.07 Å². The van der Waals surface area contributed by atoms with Crippen molar-refractivity contribution >= 4 is 5.69 Å². The van der Waals surface area contributed by atoms with E-state index in [0.29, 0.717) is 6.04 Å². The van der Waals surface area contributed by atoms with Gasteiger partial charge >= 0.3 is 0 Å². The Kier molecular flexibility index (Phi) is 2.91. The van der Waals surface area contributed by atoms with Crippen LogP contribution in [0, 0.1) is 12.7 Å². The van der Waals surface area contributed by atoms with Gasteiger partial charge in [0.15, 0.2) is 0 Å². The smallest absolute Gasteiger partial charge is 0.123 e. The van der Waals surface area contributed by atoms with Gasteiger partial charge in [0, 0.05) is 31.4 Å². The lowest BCUT2D eigenvalue weighted by atomic mass is 10.1. The molecule has 0 aliphatic carbocycles. The molecule has 1 aliphatic rings. The zero-order valence-corrected chi connectivity index (χ0v) is 9.26. The quantitative estimate of drug-likeness (QED) is 0.758. The topological polar surface area (TPSA) is 15.3 Å². The Labute approximate surface area is 90.1 Å². The van der Waals surface area contributed by atoms with E-state index in [0.717, 1.165) is 30.9 Å². The van der Waals surface area contributed by atoms with Crippen LogP contribution in [-0.4, -0.2) is 25.7 Å². The Morgan fingerprint density at radius 3 is 2.93 bits per heavy atom. The highest BCUT2D eigenvalue weighted by molar-refractivity contribution is 5.54. The molecule has 1 heterocycles. The van der Waals surface area contributed by atoms with Crippen molar-refractivity contribution in [2.24, 2.45) is 0 Å². The molecule has 0 aromatic heterocycles. The standard InChI is InChI=1S/C12H17FN2/c1-9-7-11(13)3-4-12(9)15-6-5-14-8-10(15)2/h3-4,7,10,14H,5-6,8H2,1-2H3/t10-/m1/s1. The summed E-state index contributed by atoms with van der Waals surface area (Å²) in [6.07, 6.45) is 0. The summed E-state index contributed by atoms with van der Waals surface area (Å²) in [5, 5.41) is 3.35.